The van der Waals surface area contributed by atoms with Crippen molar-refractivity contribution in [2.75, 3.05) is 5.32 Å². The van der Waals surface area contributed by atoms with Crippen molar-refractivity contribution in [2.24, 2.45) is 0 Å². The first-order valence-electron chi connectivity index (χ1n) is 7.07. The molecule has 1 saturated carbocycles. The molecule has 1 aliphatic carbocycles. The van der Waals surface area contributed by atoms with Gasteiger partial charge in [-0.2, -0.15) is 0 Å². The average Bonchev–Trinajstić information content (AvgIpc) is 3.10. The lowest BCUT2D eigenvalue weighted by atomic mass is 10.2. The highest BCUT2D eigenvalue weighted by molar-refractivity contribution is 7.18. The molecule has 1 amide bonds. The second-order valence-electron chi connectivity index (χ2n) is 5.24. The Morgan fingerprint density at radius 1 is 1.30 bits per heavy atom. The monoisotopic (exact) mass is 346 g/mol. The van der Waals surface area contributed by atoms with E-state index < -0.39 is 0 Å². The normalized spacial score (nSPS) is 14.0. The number of rotatable bonds is 4. The van der Waals surface area contributed by atoms with Gasteiger partial charge in [0.1, 0.15) is 0 Å². The zero-order chi connectivity index (χ0) is 15.8. The van der Waals surface area contributed by atoms with Gasteiger partial charge in [0.25, 0.3) is 5.91 Å². The highest BCUT2D eigenvalue weighted by atomic mass is 35.5. The van der Waals surface area contributed by atoms with Gasteiger partial charge in [-0.05, 0) is 18.9 Å². The first kappa shape index (κ1) is 14.3. The summed E-state index contributed by atoms with van der Waals surface area (Å²) in [7, 11) is 0. The molecule has 2 aromatic heterocycles. The second kappa shape index (κ2) is 5.75. The van der Waals surface area contributed by atoms with Crippen LogP contribution in [0.15, 0.2) is 34.9 Å². The zero-order valence-corrected chi connectivity index (χ0v) is 13.4. The van der Waals surface area contributed by atoms with E-state index in [1.807, 2.05) is 18.2 Å². The molecule has 3 aromatic rings. The van der Waals surface area contributed by atoms with Crippen LogP contribution in [0.25, 0.3) is 10.6 Å². The maximum Gasteiger partial charge on any atom is 0.296 e. The van der Waals surface area contributed by atoms with Gasteiger partial charge < -0.3 is 4.52 Å². The molecule has 0 bridgehead atoms. The van der Waals surface area contributed by atoms with Crippen LogP contribution in [0, 0.1) is 0 Å². The van der Waals surface area contributed by atoms with Gasteiger partial charge in [0, 0.05) is 17.5 Å². The van der Waals surface area contributed by atoms with Crippen LogP contribution in [-0.4, -0.2) is 21.3 Å². The number of aromatic nitrogens is 3. The maximum absolute atomic E-state index is 12.2. The summed E-state index contributed by atoms with van der Waals surface area (Å²) in [5, 5.41) is 16.2. The molecule has 2 heterocycles. The molecule has 23 heavy (non-hydrogen) atoms. The van der Waals surface area contributed by atoms with Crippen molar-refractivity contribution < 1.29 is 9.32 Å². The van der Waals surface area contributed by atoms with E-state index in [9.17, 15) is 4.79 Å². The van der Waals surface area contributed by atoms with E-state index >= 15 is 0 Å². The van der Waals surface area contributed by atoms with Crippen molar-refractivity contribution >= 4 is 34.0 Å². The van der Waals surface area contributed by atoms with E-state index in [1.165, 1.54) is 11.3 Å². The van der Waals surface area contributed by atoms with E-state index in [0.717, 1.165) is 24.1 Å². The molecule has 0 aliphatic heterocycles. The van der Waals surface area contributed by atoms with E-state index in [1.54, 1.807) is 12.1 Å². The largest absolute Gasteiger partial charge is 0.351 e. The molecule has 4 rings (SSSR count). The minimum atomic E-state index is -0.383. The number of hydrogen-bond acceptors (Lipinski definition) is 6. The Bertz CT molecular complexity index is 872. The van der Waals surface area contributed by atoms with Crippen LogP contribution in [0.4, 0.5) is 5.13 Å². The fourth-order valence-electron chi connectivity index (χ4n) is 2.14. The summed E-state index contributed by atoms with van der Waals surface area (Å²) in [6.45, 7) is 0. The molecular formula is C15H11ClN4O2S. The predicted molar refractivity (Wildman–Crippen MR) is 86.8 cm³/mol. The standard InChI is InChI=1S/C15H11ClN4O2S/c16-10-4-2-1-3-9(10)14-18-19-15(23-14)17-13(21)12-7-11(20-22-12)8-5-6-8/h1-4,7-8H,5-6H2,(H,17,19,21). The van der Waals surface area contributed by atoms with Crippen molar-refractivity contribution in [1.82, 2.24) is 15.4 Å². The van der Waals surface area contributed by atoms with Crippen LogP contribution in [-0.2, 0) is 0 Å². The summed E-state index contributed by atoms with van der Waals surface area (Å²) in [6, 6.07) is 9.03. The summed E-state index contributed by atoms with van der Waals surface area (Å²) >= 11 is 7.38. The Morgan fingerprint density at radius 3 is 2.91 bits per heavy atom. The number of hydrogen-bond donors (Lipinski definition) is 1. The third kappa shape index (κ3) is 2.97. The van der Waals surface area contributed by atoms with Gasteiger partial charge in [-0.1, -0.05) is 46.3 Å². The molecule has 0 spiro atoms. The third-order valence-electron chi connectivity index (χ3n) is 3.50. The lowest BCUT2D eigenvalue weighted by molar-refractivity contribution is 0.0987. The Hall–Kier alpha value is -2.25. The Labute approximate surface area is 140 Å². The fourth-order valence-corrected chi connectivity index (χ4v) is 3.20. The van der Waals surface area contributed by atoms with Crippen molar-refractivity contribution in [3.05, 3.63) is 46.8 Å². The third-order valence-corrected chi connectivity index (χ3v) is 4.70. The summed E-state index contributed by atoms with van der Waals surface area (Å²) in [5.41, 5.74) is 1.62. The van der Waals surface area contributed by atoms with Crippen molar-refractivity contribution in [1.29, 1.82) is 0 Å². The van der Waals surface area contributed by atoms with E-state index in [4.69, 9.17) is 16.1 Å². The van der Waals surface area contributed by atoms with Crippen molar-refractivity contribution in [3.8, 4) is 10.6 Å². The number of halogens is 1. The number of carbonyl (C=O) groups is 1. The number of anilines is 1. The van der Waals surface area contributed by atoms with Crippen LogP contribution in [0.5, 0.6) is 0 Å². The van der Waals surface area contributed by atoms with E-state index in [2.05, 4.69) is 20.7 Å². The Morgan fingerprint density at radius 2 is 2.13 bits per heavy atom. The summed E-state index contributed by atoms with van der Waals surface area (Å²) in [5.74, 6) is 0.237. The molecular weight excluding hydrogens is 336 g/mol. The van der Waals surface area contributed by atoms with Crippen LogP contribution < -0.4 is 5.32 Å². The smallest absolute Gasteiger partial charge is 0.296 e. The van der Waals surface area contributed by atoms with Crippen molar-refractivity contribution in [3.63, 3.8) is 0 Å². The average molecular weight is 347 g/mol. The minimum absolute atomic E-state index is 0.182. The molecule has 6 nitrogen and oxygen atoms in total. The summed E-state index contributed by atoms with van der Waals surface area (Å²) < 4.78 is 5.08. The molecule has 116 valence electrons. The molecule has 0 unspecified atom stereocenters. The molecule has 0 radical (unpaired) electrons. The maximum atomic E-state index is 12.2. The van der Waals surface area contributed by atoms with Crippen molar-refractivity contribution in [2.45, 2.75) is 18.8 Å². The predicted octanol–water partition coefficient (Wildman–Crippen LogP) is 3.98. The number of carbonyl (C=O) groups excluding carboxylic acids is 1. The van der Waals surface area contributed by atoms with Gasteiger partial charge in [0.05, 0.1) is 10.7 Å². The van der Waals surface area contributed by atoms with Gasteiger partial charge in [-0.15, -0.1) is 10.2 Å². The first-order valence-corrected chi connectivity index (χ1v) is 8.26. The number of benzene rings is 1. The lowest BCUT2D eigenvalue weighted by Gasteiger charge is -1.97. The van der Waals surface area contributed by atoms with Gasteiger partial charge in [-0.3, -0.25) is 10.1 Å². The van der Waals surface area contributed by atoms with Gasteiger partial charge in [-0.25, -0.2) is 0 Å². The fraction of sp³-hybridized carbons (Fsp3) is 0.200. The molecule has 1 N–H and O–H groups in total. The summed E-state index contributed by atoms with van der Waals surface area (Å²) in [4.78, 5) is 12.2. The van der Waals surface area contributed by atoms with Crippen LogP contribution >= 0.6 is 22.9 Å². The van der Waals surface area contributed by atoms with Crippen LogP contribution in [0.3, 0.4) is 0 Å². The molecule has 8 heteroatoms. The zero-order valence-electron chi connectivity index (χ0n) is 11.8. The molecule has 1 fully saturated rings. The second-order valence-corrected chi connectivity index (χ2v) is 6.62. The van der Waals surface area contributed by atoms with Gasteiger partial charge in [0.2, 0.25) is 10.9 Å². The molecule has 0 atom stereocenters. The molecule has 1 aromatic carbocycles. The number of nitrogens with zero attached hydrogens (tertiary/aromatic N) is 3. The Kier molecular flexibility index (Phi) is 3.59. The minimum Gasteiger partial charge on any atom is -0.351 e. The van der Waals surface area contributed by atoms with Crippen LogP contribution in [0.1, 0.15) is 35.0 Å². The van der Waals surface area contributed by atoms with Gasteiger partial charge in [0.15, 0.2) is 5.01 Å². The van der Waals surface area contributed by atoms with E-state index in [0.29, 0.717) is 21.1 Å². The van der Waals surface area contributed by atoms with Gasteiger partial charge >= 0.3 is 0 Å². The summed E-state index contributed by atoms with van der Waals surface area (Å²) in [6.07, 6.45) is 2.20. The highest BCUT2D eigenvalue weighted by Crippen LogP contribution is 2.39. The Balaban J connectivity index is 1.50. The SMILES string of the molecule is O=C(Nc1nnc(-c2ccccc2Cl)s1)c1cc(C2CC2)no1. The lowest BCUT2D eigenvalue weighted by Crippen LogP contribution is -2.10. The number of nitrogens with one attached hydrogen (secondary N) is 1. The highest BCUT2D eigenvalue weighted by Gasteiger charge is 2.28. The van der Waals surface area contributed by atoms with E-state index in [-0.39, 0.29) is 11.7 Å². The molecule has 1 aliphatic rings. The quantitative estimate of drug-likeness (QED) is 0.772. The topological polar surface area (TPSA) is 80.9 Å². The van der Waals surface area contributed by atoms with Crippen LogP contribution in [0.2, 0.25) is 5.02 Å². The number of amides is 1. The first-order chi connectivity index (χ1) is 11.2. The molecule has 0 saturated heterocycles.